The number of nitrogens with two attached hydrogens (primary N) is 1. The van der Waals surface area contributed by atoms with Crippen LogP contribution in [0.1, 0.15) is 10.4 Å². The summed E-state index contributed by atoms with van der Waals surface area (Å²) in [6.07, 6.45) is 2.42. The number of carboxylic acid groups (broad SMARTS) is 1. The van der Waals surface area contributed by atoms with Crippen molar-refractivity contribution in [3.8, 4) is 0 Å². The third kappa shape index (κ3) is 2.30. The summed E-state index contributed by atoms with van der Waals surface area (Å²) in [4.78, 5) is 17.0. The number of hydrogen-bond acceptors (Lipinski definition) is 5. The summed E-state index contributed by atoms with van der Waals surface area (Å²) >= 11 is 0. The first kappa shape index (κ1) is 13.9. The second-order valence-electron chi connectivity index (χ2n) is 3.97. The highest BCUT2D eigenvalue weighted by molar-refractivity contribution is 7.92. The maximum absolute atomic E-state index is 12.2. The first-order valence-electron chi connectivity index (χ1n) is 5.44. The van der Waals surface area contributed by atoms with Crippen molar-refractivity contribution in [2.24, 2.45) is 0 Å². The fourth-order valence-corrected chi connectivity index (χ4v) is 2.75. The molecule has 0 fully saturated rings. The summed E-state index contributed by atoms with van der Waals surface area (Å²) in [5, 5.41) is 8.77. The Labute approximate surface area is 114 Å². The molecule has 106 valence electrons. The number of carbonyl (C=O) groups is 1. The van der Waals surface area contributed by atoms with E-state index in [1.54, 1.807) is 0 Å². The van der Waals surface area contributed by atoms with Gasteiger partial charge >= 0.3 is 5.97 Å². The number of rotatable bonds is 4. The number of nitrogens with zero attached hydrogens (tertiary/aromatic N) is 2. The van der Waals surface area contributed by atoms with Gasteiger partial charge in [0, 0.05) is 7.05 Å². The lowest BCUT2D eigenvalue weighted by Crippen LogP contribution is -2.27. The fraction of sp³-hybridized carbons (Fsp3) is 0.0909. The topological polar surface area (TPSA) is 129 Å². The van der Waals surface area contributed by atoms with E-state index in [0.717, 1.165) is 4.31 Å². The number of nitrogens with one attached hydrogen (secondary N) is 1. The van der Waals surface area contributed by atoms with Gasteiger partial charge in [-0.3, -0.25) is 4.31 Å². The van der Waals surface area contributed by atoms with E-state index in [1.807, 2.05) is 0 Å². The van der Waals surface area contributed by atoms with Gasteiger partial charge in [-0.25, -0.2) is 9.78 Å². The molecule has 8 nitrogen and oxygen atoms in total. The van der Waals surface area contributed by atoms with Gasteiger partial charge in [0.15, 0.2) is 5.03 Å². The molecule has 0 bridgehead atoms. The minimum absolute atomic E-state index is 0.0152. The van der Waals surface area contributed by atoms with E-state index in [0.29, 0.717) is 0 Å². The average molecular weight is 296 g/mol. The second-order valence-corrected chi connectivity index (χ2v) is 5.90. The molecule has 2 rings (SSSR count). The van der Waals surface area contributed by atoms with E-state index < -0.39 is 16.0 Å². The molecule has 20 heavy (non-hydrogen) atoms. The van der Waals surface area contributed by atoms with Gasteiger partial charge in [0.05, 0.1) is 29.5 Å². The Balaban J connectivity index is 2.44. The Kier molecular flexibility index (Phi) is 3.36. The number of H-pyrrole nitrogens is 1. The van der Waals surface area contributed by atoms with Crippen molar-refractivity contribution in [2.45, 2.75) is 5.03 Å². The molecule has 0 aliphatic heterocycles. The zero-order valence-electron chi connectivity index (χ0n) is 10.4. The van der Waals surface area contributed by atoms with Crippen molar-refractivity contribution in [3.05, 3.63) is 36.3 Å². The minimum Gasteiger partial charge on any atom is -0.478 e. The standard InChI is InChI=1S/C11H12N4O4S/c1-15(20(18,19)10-5-13-6-14-10)9-3-2-7(11(16)17)4-8(9)12/h2-6H,12H2,1H3,(H,13,14)(H,16,17). The molecule has 0 aliphatic carbocycles. The highest BCUT2D eigenvalue weighted by Gasteiger charge is 2.24. The summed E-state index contributed by atoms with van der Waals surface area (Å²) < 4.78 is 25.5. The highest BCUT2D eigenvalue weighted by atomic mass is 32.2. The number of aromatic nitrogens is 2. The van der Waals surface area contributed by atoms with Gasteiger partial charge < -0.3 is 15.8 Å². The molecule has 0 aliphatic rings. The largest absolute Gasteiger partial charge is 0.478 e. The number of nitrogen functional groups attached to an aromatic ring is 1. The van der Waals surface area contributed by atoms with E-state index in [-0.39, 0.29) is 22.0 Å². The van der Waals surface area contributed by atoms with Crippen LogP contribution in [0.5, 0.6) is 0 Å². The van der Waals surface area contributed by atoms with Crippen LogP contribution < -0.4 is 10.0 Å². The second kappa shape index (κ2) is 4.85. The van der Waals surface area contributed by atoms with E-state index in [2.05, 4.69) is 9.97 Å². The van der Waals surface area contributed by atoms with Crippen molar-refractivity contribution in [3.63, 3.8) is 0 Å². The zero-order valence-corrected chi connectivity index (χ0v) is 11.3. The van der Waals surface area contributed by atoms with Crippen LogP contribution in [-0.2, 0) is 10.0 Å². The number of aromatic amines is 1. The Morgan fingerprint density at radius 3 is 2.65 bits per heavy atom. The molecule has 4 N–H and O–H groups in total. The Morgan fingerprint density at radius 2 is 2.15 bits per heavy atom. The molecule has 1 aromatic carbocycles. The highest BCUT2D eigenvalue weighted by Crippen LogP contribution is 2.27. The first-order valence-corrected chi connectivity index (χ1v) is 6.88. The molecular formula is C11H12N4O4S. The maximum atomic E-state index is 12.2. The molecule has 0 amide bonds. The SMILES string of the molecule is CN(c1ccc(C(=O)O)cc1N)S(=O)(=O)c1cnc[nH]1. The Morgan fingerprint density at radius 1 is 1.45 bits per heavy atom. The Bertz CT molecular complexity index is 740. The van der Waals surface area contributed by atoms with E-state index in [1.165, 1.54) is 37.8 Å². The monoisotopic (exact) mass is 296 g/mol. The average Bonchev–Trinajstić information content (AvgIpc) is 2.92. The summed E-state index contributed by atoms with van der Waals surface area (Å²) in [5.74, 6) is -1.14. The molecule has 0 unspecified atom stereocenters. The number of benzene rings is 1. The van der Waals surface area contributed by atoms with E-state index in [4.69, 9.17) is 10.8 Å². The van der Waals surface area contributed by atoms with E-state index >= 15 is 0 Å². The first-order chi connectivity index (χ1) is 9.34. The number of hydrogen-bond donors (Lipinski definition) is 3. The predicted molar refractivity (Wildman–Crippen MR) is 72.0 cm³/mol. The van der Waals surface area contributed by atoms with Crippen molar-refractivity contribution in [1.29, 1.82) is 0 Å². The molecular weight excluding hydrogens is 284 g/mol. The summed E-state index contributed by atoms with van der Waals surface area (Å²) in [5.41, 5.74) is 5.94. The van der Waals surface area contributed by atoms with Crippen molar-refractivity contribution >= 4 is 27.4 Å². The molecule has 1 heterocycles. The Hall–Kier alpha value is -2.55. The van der Waals surface area contributed by atoms with E-state index in [9.17, 15) is 13.2 Å². The van der Waals surface area contributed by atoms with Crippen LogP contribution in [0, 0.1) is 0 Å². The molecule has 1 aromatic heterocycles. The van der Waals surface area contributed by atoms with Gasteiger partial charge in [-0.05, 0) is 18.2 Å². The number of anilines is 2. The number of sulfonamides is 1. The zero-order chi connectivity index (χ0) is 14.9. The van der Waals surface area contributed by atoms with Crippen molar-refractivity contribution in [1.82, 2.24) is 9.97 Å². The lowest BCUT2D eigenvalue weighted by atomic mass is 10.2. The van der Waals surface area contributed by atoms with Gasteiger partial charge in [-0.2, -0.15) is 8.42 Å². The lowest BCUT2D eigenvalue weighted by Gasteiger charge is -2.20. The van der Waals surface area contributed by atoms with Gasteiger partial charge in [0.2, 0.25) is 0 Å². The summed E-state index contributed by atoms with van der Waals surface area (Å²) in [6.45, 7) is 0. The van der Waals surface area contributed by atoms with Crippen molar-refractivity contribution < 1.29 is 18.3 Å². The predicted octanol–water partition coefficient (Wildman–Crippen LogP) is 0.515. The van der Waals surface area contributed by atoms with Crippen LogP contribution in [0.4, 0.5) is 11.4 Å². The number of carboxylic acids is 1. The fourth-order valence-electron chi connectivity index (χ4n) is 1.64. The van der Waals surface area contributed by atoms with Gasteiger partial charge in [-0.1, -0.05) is 0 Å². The lowest BCUT2D eigenvalue weighted by molar-refractivity contribution is 0.0697. The summed E-state index contributed by atoms with van der Waals surface area (Å²) in [7, 11) is -2.49. The molecule has 0 saturated carbocycles. The minimum atomic E-state index is -3.82. The molecule has 9 heteroatoms. The van der Waals surface area contributed by atoms with Gasteiger partial charge in [0.25, 0.3) is 10.0 Å². The van der Waals surface area contributed by atoms with Crippen LogP contribution in [-0.4, -0.2) is 36.5 Å². The number of imidazole rings is 1. The normalized spacial score (nSPS) is 11.2. The van der Waals surface area contributed by atoms with Crippen molar-refractivity contribution in [2.75, 3.05) is 17.1 Å². The van der Waals surface area contributed by atoms with Crippen LogP contribution in [0.3, 0.4) is 0 Å². The molecule has 0 atom stereocenters. The number of aromatic carboxylic acids is 1. The van der Waals surface area contributed by atoms with Gasteiger partial charge in [0.1, 0.15) is 0 Å². The third-order valence-electron chi connectivity index (χ3n) is 2.73. The van der Waals surface area contributed by atoms with Crippen LogP contribution in [0.2, 0.25) is 0 Å². The molecule has 0 saturated heterocycles. The molecule has 0 radical (unpaired) electrons. The van der Waals surface area contributed by atoms with Crippen LogP contribution >= 0.6 is 0 Å². The molecule has 2 aromatic rings. The van der Waals surface area contributed by atoms with Crippen LogP contribution in [0.25, 0.3) is 0 Å². The third-order valence-corrected chi connectivity index (χ3v) is 4.42. The van der Waals surface area contributed by atoms with Gasteiger partial charge in [-0.15, -0.1) is 0 Å². The molecule has 0 spiro atoms. The summed E-state index contributed by atoms with van der Waals surface area (Å²) in [6, 6.07) is 3.83. The smallest absolute Gasteiger partial charge is 0.335 e. The van der Waals surface area contributed by atoms with Crippen LogP contribution in [0.15, 0.2) is 35.7 Å². The quantitative estimate of drug-likeness (QED) is 0.705. The maximum Gasteiger partial charge on any atom is 0.335 e.